The average molecular weight is 1160 g/mol. The van der Waals surface area contributed by atoms with Gasteiger partial charge >= 0.3 is 5.97 Å². The number of rotatable bonds is 20. The highest BCUT2D eigenvalue weighted by atomic mass is 32.2. The van der Waals surface area contributed by atoms with Crippen molar-refractivity contribution in [2.24, 2.45) is 5.16 Å². The minimum Gasteiger partial charge on any atom is -0.448 e. The van der Waals surface area contributed by atoms with Gasteiger partial charge in [-0.3, -0.25) is 14.5 Å². The maximum Gasteiger partial charge on any atom is 0.356 e. The predicted molar refractivity (Wildman–Crippen MR) is 334 cm³/mol. The number of fused-ring (bicyclic) bond motifs is 1. The zero-order valence-electron chi connectivity index (χ0n) is 45.1. The lowest BCUT2D eigenvalue weighted by molar-refractivity contribution is -0.154. The van der Waals surface area contributed by atoms with Gasteiger partial charge in [-0.25, -0.2) is 14.8 Å². The van der Waals surface area contributed by atoms with Crippen molar-refractivity contribution in [2.75, 3.05) is 11.1 Å². The van der Waals surface area contributed by atoms with Crippen LogP contribution in [0.25, 0.3) is 0 Å². The lowest BCUT2D eigenvalue weighted by atomic mass is 9.77. The number of thiazole rings is 1. The Morgan fingerprint density at radius 2 is 1.08 bits per heavy atom. The summed E-state index contributed by atoms with van der Waals surface area (Å²) in [6.07, 6.45) is 2.76. The van der Waals surface area contributed by atoms with Crippen LogP contribution in [0.4, 0.5) is 5.13 Å². The largest absolute Gasteiger partial charge is 0.448 e. The molecule has 1 saturated heterocycles. The van der Waals surface area contributed by atoms with Crippen LogP contribution in [0.2, 0.25) is 0 Å². The molecule has 4 heterocycles. The number of anilines is 1. The first-order chi connectivity index (χ1) is 41.4. The minimum absolute atomic E-state index is 0.0912. The van der Waals surface area contributed by atoms with Gasteiger partial charge in [-0.2, -0.15) is 0 Å². The van der Waals surface area contributed by atoms with Crippen molar-refractivity contribution in [2.45, 2.75) is 33.7 Å². The lowest BCUT2D eigenvalue weighted by Gasteiger charge is -2.49. The molecular formula is C70H54N6O5S3. The highest BCUT2D eigenvalue weighted by Gasteiger charge is 2.55. The number of esters is 1. The molecule has 2 atom stereocenters. The summed E-state index contributed by atoms with van der Waals surface area (Å²) in [5, 5.41) is 16.0. The first kappa shape index (κ1) is 55.0. The zero-order valence-corrected chi connectivity index (χ0v) is 47.6. The monoisotopic (exact) mass is 1150 g/mol. The zero-order chi connectivity index (χ0) is 57.1. The highest BCUT2D eigenvalue weighted by Crippen LogP contribution is 2.45. The van der Waals surface area contributed by atoms with Crippen LogP contribution in [0, 0.1) is 0 Å². The fourth-order valence-electron chi connectivity index (χ4n) is 10.7. The van der Waals surface area contributed by atoms with E-state index in [-0.39, 0.29) is 17.1 Å². The number of hydrogen-bond donors (Lipinski definition) is 2. The van der Waals surface area contributed by atoms with E-state index in [1.54, 1.807) is 11.6 Å². The second kappa shape index (κ2) is 25.3. The summed E-state index contributed by atoms with van der Waals surface area (Å²) >= 11 is 4.12. The summed E-state index contributed by atoms with van der Waals surface area (Å²) in [4.78, 5) is 63.7. The number of benzene rings is 8. The first-order valence-corrected chi connectivity index (χ1v) is 30.1. The van der Waals surface area contributed by atoms with E-state index in [0.29, 0.717) is 16.5 Å². The normalized spacial score (nSPS) is 15.3. The Kier molecular flexibility index (Phi) is 16.5. The number of allylic oxidation sites excluding steroid dienone is 1. The molecule has 2 aromatic heterocycles. The summed E-state index contributed by atoms with van der Waals surface area (Å²) in [6.45, 7) is 0. The number of hydrogen-bond acceptors (Lipinski definition) is 12. The third-order valence-corrected chi connectivity index (χ3v) is 17.5. The Balaban J connectivity index is 0.934. The number of carbonyl (C=O) groups excluding carboxylic acids is 3. The molecule has 2 aliphatic heterocycles. The van der Waals surface area contributed by atoms with E-state index in [0.717, 1.165) is 49.5 Å². The topological polar surface area (TPSA) is 135 Å². The fraction of sp³-hybridized carbons (Fsp3) is 0.0857. The second-order valence-electron chi connectivity index (χ2n) is 19.8. The molecule has 412 valence electrons. The van der Waals surface area contributed by atoms with Gasteiger partial charge in [0.25, 0.3) is 11.8 Å². The molecule has 14 heteroatoms. The van der Waals surface area contributed by atoms with E-state index in [9.17, 15) is 4.79 Å². The van der Waals surface area contributed by atoms with Gasteiger partial charge in [0.05, 0.1) is 0 Å². The van der Waals surface area contributed by atoms with Gasteiger partial charge < -0.3 is 20.2 Å². The maximum absolute atomic E-state index is 15.6. The molecule has 2 aliphatic rings. The van der Waals surface area contributed by atoms with E-state index in [2.05, 4.69) is 52.0 Å². The maximum atomic E-state index is 15.6. The van der Waals surface area contributed by atoms with E-state index in [1.165, 1.54) is 39.8 Å². The molecule has 10 aromatic rings. The number of nitrogens with one attached hydrogen (secondary N) is 2. The minimum atomic E-state index is -1.38. The number of pyridine rings is 1. The van der Waals surface area contributed by atoms with Gasteiger partial charge in [-0.05, 0) is 57.0 Å². The van der Waals surface area contributed by atoms with E-state index in [4.69, 9.17) is 19.7 Å². The standard InChI is InChI=1S/C70H54N6O5S3/c77-64(73-61-65(78)76-62(51(47-83-66(61)76)44-46-82-59-43-25-26-45-71-59)67(79)80-63(49-27-9-1-10-28-49)50-29-11-2-12-30-50)60(75-81-70(55-37-19-6-20-38-55,56-39-21-7-22-40-56)57-41-23-8-24-42-57)58-48-84-68(72-58)74-69(52-31-13-3-14-32-52,53-33-15-4-16-34-53)54-35-17-5-18-36-54/h1-46,48,61,63,66H,47H2,(H,72,74)(H,73,77)/t61?,66-/m1/s1. The second-order valence-corrected chi connectivity index (χ2v) is 22.6. The van der Waals surface area contributed by atoms with Crippen LogP contribution in [-0.4, -0.2) is 55.5 Å². The van der Waals surface area contributed by atoms with Crippen molar-refractivity contribution in [1.82, 2.24) is 20.2 Å². The highest BCUT2D eigenvalue weighted by molar-refractivity contribution is 8.02. The first-order valence-electron chi connectivity index (χ1n) is 27.3. The molecule has 8 aromatic carbocycles. The Bertz CT molecular complexity index is 3730. The number of oxime groups is 1. The molecule has 1 unspecified atom stereocenters. The Morgan fingerprint density at radius 3 is 1.56 bits per heavy atom. The van der Waals surface area contributed by atoms with Crippen LogP contribution >= 0.6 is 34.9 Å². The molecule has 84 heavy (non-hydrogen) atoms. The van der Waals surface area contributed by atoms with Crippen molar-refractivity contribution < 1.29 is 24.0 Å². The number of thioether (sulfide) groups is 2. The van der Waals surface area contributed by atoms with Crippen LogP contribution in [-0.2, 0) is 35.1 Å². The predicted octanol–water partition coefficient (Wildman–Crippen LogP) is 13.9. The molecule has 12 rings (SSSR count). The van der Waals surface area contributed by atoms with Crippen LogP contribution in [0.3, 0.4) is 0 Å². The van der Waals surface area contributed by atoms with E-state index >= 15 is 9.59 Å². The molecule has 2 N–H and O–H groups in total. The SMILES string of the molecule is O=C(NC1C(=O)N2C(C(=O)OC(c3ccccc3)c3ccccc3)=C(C=CSc3ccccn3)CS[C@H]12)C(=NOC(c1ccccc1)(c1ccccc1)c1ccccc1)c1csc(NC(c2ccccc2)(c2ccccc2)c2ccccc2)n1. The number of amides is 2. The van der Waals surface area contributed by atoms with Crippen molar-refractivity contribution in [3.63, 3.8) is 0 Å². The van der Waals surface area contributed by atoms with Crippen LogP contribution in [0.5, 0.6) is 0 Å². The Morgan fingerprint density at radius 1 is 0.619 bits per heavy atom. The third kappa shape index (κ3) is 11.2. The molecular weight excluding hydrogens is 1100 g/mol. The number of carbonyl (C=O) groups is 3. The number of β-lactam (4-membered cyclic amide) rings is 1. The summed E-state index contributed by atoms with van der Waals surface area (Å²) in [5.41, 5.74) is 5.04. The van der Waals surface area contributed by atoms with E-state index < -0.39 is 46.4 Å². The summed E-state index contributed by atoms with van der Waals surface area (Å²) in [7, 11) is 0. The van der Waals surface area contributed by atoms with Crippen LogP contribution in [0.1, 0.15) is 56.3 Å². The van der Waals surface area contributed by atoms with Crippen LogP contribution < -0.4 is 10.6 Å². The molecule has 2 amide bonds. The number of nitrogens with zero attached hydrogens (tertiary/aromatic N) is 4. The molecule has 0 aliphatic carbocycles. The van der Waals surface area contributed by atoms with E-state index in [1.807, 2.05) is 236 Å². The number of aromatic nitrogens is 2. The van der Waals surface area contributed by atoms with Gasteiger partial charge in [0.15, 0.2) is 16.9 Å². The van der Waals surface area contributed by atoms with Crippen molar-refractivity contribution in [3.8, 4) is 0 Å². The molecule has 1 fully saturated rings. The van der Waals surface area contributed by atoms with Crippen molar-refractivity contribution in [3.05, 3.63) is 345 Å². The lowest BCUT2D eigenvalue weighted by Crippen LogP contribution is -2.71. The summed E-state index contributed by atoms with van der Waals surface area (Å²) in [6, 6.07) is 83.3. The van der Waals surface area contributed by atoms with Gasteiger partial charge in [-0.15, -0.1) is 23.1 Å². The third-order valence-electron chi connectivity index (χ3n) is 14.7. The molecule has 0 saturated carbocycles. The Labute approximate surface area is 499 Å². The summed E-state index contributed by atoms with van der Waals surface area (Å²) in [5.74, 6) is -1.59. The van der Waals surface area contributed by atoms with Gasteiger partial charge in [0, 0.05) is 34.0 Å². The Hall–Kier alpha value is -9.60. The average Bonchev–Trinajstić information content (AvgIpc) is 2.37. The smallest absolute Gasteiger partial charge is 0.356 e. The van der Waals surface area contributed by atoms with Gasteiger partial charge in [-0.1, -0.05) is 266 Å². The quantitative estimate of drug-likeness (QED) is 0.0190. The fourth-order valence-corrected chi connectivity index (χ4v) is 13.4. The van der Waals surface area contributed by atoms with Crippen molar-refractivity contribution >= 4 is 63.5 Å². The van der Waals surface area contributed by atoms with Gasteiger partial charge in [0.1, 0.15) is 33.4 Å². The molecule has 0 bridgehead atoms. The molecule has 0 spiro atoms. The van der Waals surface area contributed by atoms with Crippen LogP contribution in [0.15, 0.2) is 305 Å². The summed E-state index contributed by atoms with van der Waals surface area (Å²) < 4.78 is 6.48. The van der Waals surface area contributed by atoms with Gasteiger partial charge in [0.2, 0.25) is 5.60 Å². The molecule has 0 radical (unpaired) electrons. The molecule has 11 nitrogen and oxygen atoms in total. The number of ether oxygens (including phenoxy) is 1. The van der Waals surface area contributed by atoms with Crippen molar-refractivity contribution in [1.29, 1.82) is 0 Å².